The van der Waals surface area contributed by atoms with Crippen LogP contribution in [0.2, 0.25) is 0 Å². The third kappa shape index (κ3) is 2.04. The average molecular weight is 324 g/mol. The minimum atomic E-state index is -0.363. The minimum Gasteiger partial charge on any atom is -0.300 e. The molecule has 0 radical (unpaired) electrons. The Morgan fingerprint density at radius 3 is 2.50 bits per heavy atom. The van der Waals surface area contributed by atoms with Gasteiger partial charge in [-0.05, 0) is 51.3 Å². The normalized spacial score (nSPS) is 13.8. The van der Waals surface area contributed by atoms with Crippen LogP contribution in [-0.2, 0) is 11.2 Å². The van der Waals surface area contributed by atoms with Crippen LogP contribution in [0.1, 0.15) is 47.6 Å². The third-order valence-electron chi connectivity index (χ3n) is 4.88. The summed E-state index contributed by atoms with van der Waals surface area (Å²) in [5, 5.41) is 0. The first kappa shape index (κ1) is 16.2. The number of aryl methyl sites for hydroxylation is 2. The van der Waals surface area contributed by atoms with E-state index < -0.39 is 0 Å². The van der Waals surface area contributed by atoms with Gasteiger partial charge in [0.15, 0.2) is 0 Å². The van der Waals surface area contributed by atoms with E-state index in [2.05, 4.69) is 6.58 Å². The molecule has 0 spiro atoms. The maximum atomic E-state index is 12.9. The molecular formula is C19H20N2O3. The van der Waals surface area contributed by atoms with Gasteiger partial charge in [0.05, 0.1) is 11.2 Å². The molecule has 0 saturated carbocycles. The molecule has 0 aliphatic carbocycles. The van der Waals surface area contributed by atoms with Gasteiger partial charge in [0.25, 0.3) is 5.91 Å². The van der Waals surface area contributed by atoms with E-state index in [0.717, 1.165) is 22.3 Å². The molecule has 5 nitrogen and oxygen atoms in total. The summed E-state index contributed by atoms with van der Waals surface area (Å²) in [6.45, 7) is 10.8. The fourth-order valence-electron chi connectivity index (χ4n) is 3.52. The van der Waals surface area contributed by atoms with E-state index in [4.69, 9.17) is 0 Å². The topological polar surface area (TPSA) is 60.6 Å². The van der Waals surface area contributed by atoms with E-state index >= 15 is 0 Å². The van der Waals surface area contributed by atoms with Crippen LogP contribution in [0.4, 0.5) is 0 Å². The fraction of sp³-hybridized carbons (Fsp3) is 0.316. The van der Waals surface area contributed by atoms with Crippen molar-refractivity contribution >= 4 is 22.8 Å². The lowest BCUT2D eigenvalue weighted by molar-refractivity contribution is -0.116. The van der Waals surface area contributed by atoms with Gasteiger partial charge in [0, 0.05) is 23.3 Å². The largest absolute Gasteiger partial charge is 0.340 e. The smallest absolute Gasteiger partial charge is 0.300 e. The maximum Gasteiger partial charge on any atom is 0.340 e. The van der Waals surface area contributed by atoms with Gasteiger partial charge < -0.3 is 4.79 Å². The van der Waals surface area contributed by atoms with Gasteiger partial charge in [-0.25, -0.2) is 9.36 Å². The number of fused-ring (bicyclic) bond motifs is 2. The van der Waals surface area contributed by atoms with Crippen LogP contribution in [-0.4, -0.2) is 20.7 Å². The Kier molecular flexibility index (Phi) is 3.67. The van der Waals surface area contributed by atoms with Crippen LogP contribution in [0.5, 0.6) is 0 Å². The van der Waals surface area contributed by atoms with E-state index in [1.54, 1.807) is 24.3 Å². The van der Waals surface area contributed by atoms with Gasteiger partial charge in [-0.2, -0.15) is 0 Å². The minimum absolute atomic E-state index is 0.117. The van der Waals surface area contributed by atoms with Crippen molar-refractivity contribution in [3.05, 3.63) is 57.3 Å². The molecule has 0 N–H and O–H groups in total. The summed E-state index contributed by atoms with van der Waals surface area (Å²) >= 11 is 0. The second-order valence-electron chi connectivity index (χ2n) is 6.31. The molecule has 0 saturated heterocycles. The molecule has 0 aromatic carbocycles. The number of rotatable bonds is 4. The van der Waals surface area contributed by atoms with Crippen molar-refractivity contribution in [2.75, 3.05) is 0 Å². The predicted molar refractivity (Wildman–Crippen MR) is 93.6 cm³/mol. The van der Waals surface area contributed by atoms with Gasteiger partial charge in [0.1, 0.15) is 5.78 Å². The second kappa shape index (κ2) is 5.44. The molecule has 24 heavy (non-hydrogen) atoms. The molecule has 3 heterocycles. The van der Waals surface area contributed by atoms with Gasteiger partial charge in [-0.1, -0.05) is 12.7 Å². The molecule has 2 aromatic rings. The first-order valence-electron chi connectivity index (χ1n) is 7.94. The Labute approximate surface area is 139 Å². The van der Waals surface area contributed by atoms with Crippen molar-refractivity contribution in [3.8, 4) is 0 Å². The van der Waals surface area contributed by atoms with Gasteiger partial charge in [0.2, 0.25) is 0 Å². The number of nitrogens with zero attached hydrogens (tertiary/aromatic N) is 2. The number of Topliss-reactive ketones (excluding diaryl/α,β-unsaturated/α-hetero) is 1. The monoisotopic (exact) mass is 324 g/mol. The Bertz CT molecular complexity index is 1020. The third-order valence-corrected chi connectivity index (χ3v) is 4.88. The van der Waals surface area contributed by atoms with Crippen LogP contribution in [0.15, 0.2) is 29.1 Å². The summed E-state index contributed by atoms with van der Waals surface area (Å²) in [5.74, 6) is -0.186. The summed E-state index contributed by atoms with van der Waals surface area (Å²) in [6.07, 6.45) is 2.65. The van der Waals surface area contributed by atoms with Crippen molar-refractivity contribution in [3.63, 3.8) is 0 Å². The van der Waals surface area contributed by atoms with Crippen molar-refractivity contribution in [2.24, 2.45) is 0 Å². The Morgan fingerprint density at radius 1 is 1.25 bits per heavy atom. The zero-order valence-corrected chi connectivity index (χ0v) is 14.4. The molecular weight excluding hydrogens is 304 g/mol. The van der Waals surface area contributed by atoms with Gasteiger partial charge in [-0.15, -0.1) is 0 Å². The van der Waals surface area contributed by atoms with Crippen molar-refractivity contribution in [2.45, 2.75) is 40.5 Å². The van der Waals surface area contributed by atoms with Crippen LogP contribution in [0, 0.1) is 13.8 Å². The summed E-state index contributed by atoms with van der Waals surface area (Å²) in [7, 11) is 0. The first-order chi connectivity index (χ1) is 11.3. The van der Waals surface area contributed by atoms with Crippen molar-refractivity contribution in [1.82, 2.24) is 8.97 Å². The van der Waals surface area contributed by atoms with Gasteiger partial charge >= 0.3 is 5.69 Å². The van der Waals surface area contributed by atoms with E-state index in [0.29, 0.717) is 29.7 Å². The number of carbonyl (C=O) groups excluding carboxylic acids is 2. The summed E-state index contributed by atoms with van der Waals surface area (Å²) in [5.41, 5.74) is 5.01. The molecule has 124 valence electrons. The molecule has 1 aliphatic heterocycles. The fourth-order valence-corrected chi connectivity index (χ4v) is 3.52. The second-order valence-corrected chi connectivity index (χ2v) is 6.31. The first-order valence-corrected chi connectivity index (χ1v) is 7.94. The molecule has 0 atom stereocenters. The quantitative estimate of drug-likeness (QED) is 0.869. The SMILES string of the molecule is C=CC1=C(C)C(=O)n2c1cc1c(C)c(CCC(C)=O)c(C)n1c2=O. The van der Waals surface area contributed by atoms with Crippen molar-refractivity contribution < 1.29 is 9.59 Å². The molecule has 3 rings (SSSR count). The summed E-state index contributed by atoms with van der Waals surface area (Å²) in [4.78, 5) is 36.7. The molecule has 1 aliphatic rings. The predicted octanol–water partition coefficient (Wildman–Crippen LogP) is 2.85. The van der Waals surface area contributed by atoms with E-state index in [-0.39, 0.29) is 17.4 Å². The Morgan fingerprint density at radius 2 is 1.92 bits per heavy atom. The molecule has 2 aromatic heterocycles. The van der Waals surface area contributed by atoms with Crippen LogP contribution >= 0.6 is 0 Å². The lowest BCUT2D eigenvalue weighted by Gasteiger charge is -2.06. The highest BCUT2D eigenvalue weighted by atomic mass is 16.2. The van der Waals surface area contributed by atoms with Crippen LogP contribution < -0.4 is 5.69 Å². The van der Waals surface area contributed by atoms with Crippen molar-refractivity contribution in [1.29, 1.82) is 0 Å². The number of aromatic nitrogens is 2. The van der Waals surface area contributed by atoms with E-state index in [1.165, 1.54) is 4.57 Å². The summed E-state index contributed by atoms with van der Waals surface area (Å²) in [6, 6.07) is 1.87. The summed E-state index contributed by atoms with van der Waals surface area (Å²) < 4.78 is 2.78. The number of hydrogen-bond donors (Lipinski definition) is 0. The molecule has 5 heteroatoms. The number of carbonyl (C=O) groups is 2. The van der Waals surface area contributed by atoms with Gasteiger partial charge in [-0.3, -0.25) is 9.20 Å². The lowest BCUT2D eigenvalue weighted by atomic mass is 10.0. The molecule has 0 bridgehead atoms. The Hall–Kier alpha value is -2.69. The van der Waals surface area contributed by atoms with Crippen LogP contribution in [0.25, 0.3) is 11.1 Å². The molecule has 0 unspecified atom stereocenters. The average Bonchev–Trinajstić information content (AvgIpc) is 2.91. The molecule has 0 fully saturated rings. The van der Waals surface area contributed by atoms with E-state index in [1.807, 2.05) is 19.9 Å². The highest BCUT2D eigenvalue weighted by Gasteiger charge is 2.29. The zero-order chi connectivity index (χ0) is 17.8. The zero-order valence-electron chi connectivity index (χ0n) is 14.4. The number of hydrogen-bond acceptors (Lipinski definition) is 3. The van der Waals surface area contributed by atoms with E-state index in [9.17, 15) is 14.4 Å². The standard InChI is InChI=1S/C19H20N2O3/c1-6-14-12(4)18(23)21-17(14)9-16-11(3)15(8-7-10(2)22)13(5)20(16)19(21)24/h6,9H,1,7-8H2,2-5H3. The number of ketones is 1. The molecule has 0 amide bonds. The number of allylic oxidation sites excluding steroid dienone is 3. The lowest BCUT2D eigenvalue weighted by Crippen LogP contribution is -2.31. The maximum absolute atomic E-state index is 12.9. The highest BCUT2D eigenvalue weighted by Crippen LogP contribution is 2.30. The highest BCUT2D eigenvalue weighted by molar-refractivity contribution is 6.10. The van der Waals surface area contributed by atoms with Crippen LogP contribution in [0.3, 0.4) is 0 Å². The Balaban J connectivity index is 2.34.